The molecule has 1 aliphatic heterocycles. The smallest absolute Gasteiger partial charge is 0.329 e. The van der Waals surface area contributed by atoms with Gasteiger partial charge in [0.15, 0.2) is 5.88 Å². The molecular weight excluding hydrogens is 592 g/mol. The van der Waals surface area contributed by atoms with Crippen LogP contribution in [0.1, 0.15) is 48.2 Å². The number of nitrogens with two attached hydrogens (primary N) is 1. The van der Waals surface area contributed by atoms with Crippen molar-refractivity contribution in [2.75, 3.05) is 24.2 Å². The number of likely N-dealkylation sites (tertiary alicyclic amines) is 1. The van der Waals surface area contributed by atoms with Crippen molar-refractivity contribution in [1.82, 2.24) is 23.8 Å². The Balaban J connectivity index is 1.34. The van der Waals surface area contributed by atoms with Crippen LogP contribution in [0.25, 0.3) is 28.1 Å². The van der Waals surface area contributed by atoms with Crippen LogP contribution in [-0.2, 0) is 16.6 Å². The quantitative estimate of drug-likeness (QED) is 0.292. The van der Waals surface area contributed by atoms with Crippen LogP contribution in [0, 0.1) is 18.8 Å². The van der Waals surface area contributed by atoms with Gasteiger partial charge in [0.25, 0.3) is 5.91 Å². The summed E-state index contributed by atoms with van der Waals surface area (Å²) in [5.41, 5.74) is 9.97. The van der Waals surface area contributed by atoms with Gasteiger partial charge in [-0.15, -0.1) is 0 Å². The first-order valence-corrected chi connectivity index (χ1v) is 16.7. The molecule has 4 aromatic heterocycles. The van der Waals surface area contributed by atoms with Gasteiger partial charge in [-0.25, -0.2) is 18.4 Å². The molecule has 11 nitrogen and oxygen atoms in total. The number of imidazole rings is 1. The van der Waals surface area contributed by atoms with Crippen molar-refractivity contribution in [3.05, 3.63) is 41.6 Å². The predicted molar refractivity (Wildman–Crippen MR) is 161 cm³/mol. The number of halogens is 2. The number of hydrogen-bond acceptors (Lipinski definition) is 7. The fourth-order valence-electron chi connectivity index (χ4n) is 7.04. The minimum atomic E-state index is -4.27. The molecule has 1 saturated heterocycles. The van der Waals surface area contributed by atoms with Crippen molar-refractivity contribution in [2.45, 2.75) is 64.2 Å². The van der Waals surface area contributed by atoms with Gasteiger partial charge in [0, 0.05) is 42.2 Å². The average molecular weight is 628 g/mol. The highest BCUT2D eigenvalue weighted by Crippen LogP contribution is 2.39. The van der Waals surface area contributed by atoms with Crippen molar-refractivity contribution in [3.63, 3.8) is 0 Å². The number of hydrogen-bond donors (Lipinski definition) is 1. The summed E-state index contributed by atoms with van der Waals surface area (Å²) in [5, 5.41) is 0.669. The summed E-state index contributed by atoms with van der Waals surface area (Å²) in [6.07, 6.45) is 5.78. The molecule has 0 spiro atoms. The number of nitrogens with zero attached hydrogens (tertiary/aromatic N) is 6. The Morgan fingerprint density at radius 1 is 1.16 bits per heavy atom. The maximum Gasteiger partial charge on any atom is 0.329 e. The van der Waals surface area contributed by atoms with E-state index in [1.165, 1.54) is 6.07 Å². The van der Waals surface area contributed by atoms with Crippen LogP contribution in [0.15, 0.2) is 30.3 Å². The third-order valence-electron chi connectivity index (χ3n) is 9.40. The lowest BCUT2D eigenvalue weighted by Crippen LogP contribution is -2.44. The zero-order valence-electron chi connectivity index (χ0n) is 24.8. The number of sulfonamides is 1. The standard InChI is InChI=1S/C30H35F2N7O4S/c1-16-27(22-11-18-9-10-23(39(30(31)32)44(3,41)42)35-28(18)36(22)14-17-7-8-17)34-24-12-20(13-25(43-2)38(16)24)29(40)37-15-19-5-4-6-21(37)26(19)33/h9-13,17,19,21,26,30H,4-8,14-15,33H2,1-3H3/t19-,21-,26-/m0/s1. The maximum atomic E-state index is 13.8. The molecule has 3 aliphatic rings. The van der Waals surface area contributed by atoms with E-state index in [-0.39, 0.29) is 28.1 Å². The zero-order chi connectivity index (χ0) is 31.1. The van der Waals surface area contributed by atoms with E-state index in [0.717, 1.165) is 49.7 Å². The fraction of sp³-hybridized carbons (Fsp3) is 0.500. The number of methoxy groups -OCH3 is 1. The van der Waals surface area contributed by atoms with Gasteiger partial charge >= 0.3 is 6.55 Å². The Bertz CT molecular complexity index is 1900. The first-order valence-electron chi connectivity index (χ1n) is 14.9. The van der Waals surface area contributed by atoms with Gasteiger partial charge in [0.1, 0.15) is 22.8 Å². The molecule has 3 atom stereocenters. The van der Waals surface area contributed by atoms with Crippen LogP contribution in [0.5, 0.6) is 5.88 Å². The van der Waals surface area contributed by atoms with Gasteiger partial charge in [-0.3, -0.25) is 9.20 Å². The van der Waals surface area contributed by atoms with Crippen molar-refractivity contribution >= 4 is 38.4 Å². The van der Waals surface area contributed by atoms with Gasteiger partial charge in [-0.1, -0.05) is 6.42 Å². The molecule has 2 saturated carbocycles. The minimum absolute atomic E-state index is 0.00804. The van der Waals surface area contributed by atoms with E-state index in [4.69, 9.17) is 15.5 Å². The Morgan fingerprint density at radius 3 is 2.59 bits per heavy atom. The lowest BCUT2D eigenvalue weighted by Gasteiger charge is -2.29. The zero-order valence-corrected chi connectivity index (χ0v) is 25.6. The van der Waals surface area contributed by atoms with Gasteiger partial charge < -0.3 is 19.9 Å². The maximum absolute atomic E-state index is 13.8. The highest BCUT2D eigenvalue weighted by molar-refractivity contribution is 7.92. The number of pyridine rings is 2. The van der Waals surface area contributed by atoms with Crippen molar-refractivity contribution in [3.8, 4) is 17.3 Å². The summed E-state index contributed by atoms with van der Waals surface area (Å²) in [6.45, 7) is -0.144. The number of carbonyl (C=O) groups is 1. The Kier molecular flexibility index (Phi) is 6.85. The normalized spacial score (nSPS) is 22.0. The third-order valence-corrected chi connectivity index (χ3v) is 10.5. The average Bonchev–Trinajstić information content (AvgIpc) is 3.62. The summed E-state index contributed by atoms with van der Waals surface area (Å²) in [7, 11) is -2.72. The number of rotatable bonds is 8. The first kappa shape index (κ1) is 29.0. The molecule has 0 aromatic carbocycles. The number of ether oxygens (including phenoxy) is 1. The molecule has 1 amide bonds. The molecule has 14 heteroatoms. The lowest BCUT2D eigenvalue weighted by molar-refractivity contribution is 0.0726. The molecule has 44 heavy (non-hydrogen) atoms. The number of aryl methyl sites for hydroxylation is 1. The molecule has 0 unspecified atom stereocenters. The SMILES string of the molecule is COc1cc(C(=O)N2C[C@@H]3CCC[C@H]2[C@H]3N)cc2nc(-c3cc4ccc(N(C(F)F)S(C)(=O)=O)nc4n3CC3CC3)c(C)n12. The number of amides is 1. The number of anilines is 1. The Hall–Kier alpha value is -3.78. The summed E-state index contributed by atoms with van der Waals surface area (Å²) < 4.78 is 61.6. The fourth-order valence-corrected chi connectivity index (χ4v) is 7.77. The largest absolute Gasteiger partial charge is 0.482 e. The van der Waals surface area contributed by atoms with Crippen molar-refractivity contribution in [2.24, 2.45) is 17.6 Å². The van der Waals surface area contributed by atoms with E-state index < -0.39 is 16.6 Å². The van der Waals surface area contributed by atoms with E-state index in [0.29, 0.717) is 58.7 Å². The van der Waals surface area contributed by atoms with E-state index in [2.05, 4.69) is 4.98 Å². The number of aromatic nitrogens is 4. The van der Waals surface area contributed by atoms with E-state index in [1.807, 2.05) is 26.9 Å². The first-order chi connectivity index (χ1) is 21.0. The molecule has 5 heterocycles. The summed E-state index contributed by atoms with van der Waals surface area (Å²) in [6, 6.07) is 8.31. The van der Waals surface area contributed by atoms with Crippen molar-refractivity contribution < 1.29 is 26.7 Å². The number of fused-ring (bicyclic) bond motifs is 4. The summed E-state index contributed by atoms with van der Waals surface area (Å²) in [5.74, 6) is 0.723. The highest BCUT2D eigenvalue weighted by Gasteiger charge is 2.44. The second-order valence-electron chi connectivity index (χ2n) is 12.3. The van der Waals surface area contributed by atoms with Crippen LogP contribution < -0.4 is 14.8 Å². The second-order valence-corrected chi connectivity index (χ2v) is 14.2. The number of alkyl halides is 2. The predicted octanol–water partition coefficient (Wildman–Crippen LogP) is 4.02. The molecule has 234 valence electrons. The molecule has 2 N–H and O–H groups in total. The topological polar surface area (TPSA) is 128 Å². The van der Waals surface area contributed by atoms with E-state index in [9.17, 15) is 22.0 Å². The number of carbonyl (C=O) groups excluding carboxylic acids is 1. The van der Waals surface area contributed by atoms with E-state index >= 15 is 0 Å². The summed E-state index contributed by atoms with van der Waals surface area (Å²) in [4.78, 5) is 25.1. The second kappa shape index (κ2) is 10.4. The minimum Gasteiger partial charge on any atom is -0.482 e. The molecule has 2 bridgehead atoms. The molecule has 4 aromatic rings. The monoisotopic (exact) mass is 627 g/mol. The molecular formula is C30H35F2N7O4S. The van der Waals surface area contributed by atoms with Crippen LogP contribution in [0.4, 0.5) is 14.6 Å². The molecule has 3 fully saturated rings. The van der Waals surface area contributed by atoms with Crippen LogP contribution in [0.3, 0.4) is 0 Å². The van der Waals surface area contributed by atoms with Crippen molar-refractivity contribution in [1.29, 1.82) is 0 Å². The molecule has 2 aliphatic carbocycles. The Labute approximate surface area is 253 Å². The third kappa shape index (κ3) is 4.69. The lowest BCUT2D eigenvalue weighted by atomic mass is 9.86. The van der Waals surface area contributed by atoms with Crippen LogP contribution >= 0.6 is 0 Å². The summed E-state index contributed by atoms with van der Waals surface area (Å²) >= 11 is 0. The van der Waals surface area contributed by atoms with Crippen LogP contribution in [0.2, 0.25) is 0 Å². The molecule has 7 rings (SSSR count). The highest BCUT2D eigenvalue weighted by atomic mass is 32.2. The van der Waals surface area contributed by atoms with Gasteiger partial charge in [0.05, 0.1) is 24.8 Å². The van der Waals surface area contributed by atoms with Gasteiger partial charge in [-0.2, -0.15) is 13.1 Å². The van der Waals surface area contributed by atoms with Crippen LogP contribution in [-0.4, -0.2) is 76.7 Å². The molecule has 0 radical (unpaired) electrons. The van der Waals surface area contributed by atoms with Gasteiger partial charge in [0.2, 0.25) is 10.0 Å². The van der Waals surface area contributed by atoms with E-state index in [1.54, 1.807) is 25.3 Å². The Morgan fingerprint density at radius 2 is 1.93 bits per heavy atom. The van der Waals surface area contributed by atoms with Gasteiger partial charge in [-0.05, 0) is 68.7 Å².